The zero-order valence-electron chi connectivity index (χ0n) is 14.5. The summed E-state index contributed by atoms with van der Waals surface area (Å²) in [5.41, 5.74) is 0.742. The van der Waals surface area contributed by atoms with Crippen LogP contribution in [0, 0.1) is 0 Å². The minimum Gasteiger partial charge on any atom is -0.491 e. The maximum absolute atomic E-state index is 12.1. The van der Waals surface area contributed by atoms with Crippen molar-refractivity contribution in [2.45, 2.75) is 20.0 Å². The van der Waals surface area contributed by atoms with E-state index in [0.29, 0.717) is 11.5 Å². The molecule has 1 amide bonds. The van der Waals surface area contributed by atoms with Crippen LogP contribution < -0.4 is 14.4 Å². The first-order valence-electron chi connectivity index (χ1n) is 7.95. The van der Waals surface area contributed by atoms with E-state index in [1.807, 2.05) is 44.2 Å². The SMILES string of the molecule is CC(C)Oc1ccc(OC(=O)/C=C/C(=O)N(C)c2ccccc2)cc1. The average Bonchev–Trinajstić information content (AvgIpc) is 2.61. The average molecular weight is 339 g/mol. The van der Waals surface area contributed by atoms with Crippen LogP contribution in [-0.2, 0) is 9.59 Å². The third kappa shape index (κ3) is 5.80. The van der Waals surface area contributed by atoms with E-state index in [9.17, 15) is 9.59 Å². The summed E-state index contributed by atoms with van der Waals surface area (Å²) >= 11 is 0. The third-order valence-corrected chi connectivity index (χ3v) is 3.25. The Morgan fingerprint density at radius 2 is 1.52 bits per heavy atom. The third-order valence-electron chi connectivity index (χ3n) is 3.25. The highest BCUT2D eigenvalue weighted by molar-refractivity contribution is 6.04. The summed E-state index contributed by atoms with van der Waals surface area (Å²) in [6, 6.07) is 15.9. The van der Waals surface area contributed by atoms with E-state index in [1.165, 1.54) is 11.0 Å². The van der Waals surface area contributed by atoms with Crippen LogP contribution in [0.4, 0.5) is 5.69 Å². The summed E-state index contributed by atoms with van der Waals surface area (Å²) in [6.45, 7) is 3.87. The molecule has 0 bridgehead atoms. The highest BCUT2D eigenvalue weighted by Gasteiger charge is 2.08. The highest BCUT2D eigenvalue weighted by Crippen LogP contribution is 2.19. The molecule has 0 heterocycles. The van der Waals surface area contributed by atoms with E-state index in [-0.39, 0.29) is 12.0 Å². The van der Waals surface area contributed by atoms with E-state index in [1.54, 1.807) is 31.3 Å². The summed E-state index contributed by atoms with van der Waals surface area (Å²) in [5.74, 6) is 0.149. The molecule has 0 unspecified atom stereocenters. The number of esters is 1. The molecule has 2 rings (SSSR count). The number of ether oxygens (including phenoxy) is 2. The quantitative estimate of drug-likeness (QED) is 0.458. The van der Waals surface area contributed by atoms with E-state index in [0.717, 1.165) is 11.8 Å². The molecule has 0 aromatic heterocycles. The molecular weight excluding hydrogens is 318 g/mol. The number of anilines is 1. The number of carbonyl (C=O) groups is 2. The van der Waals surface area contributed by atoms with Crippen LogP contribution in [0.25, 0.3) is 0 Å². The predicted molar refractivity (Wildman–Crippen MR) is 96.8 cm³/mol. The standard InChI is InChI=1S/C20H21NO4/c1-15(2)24-17-9-11-18(12-10-17)25-20(23)14-13-19(22)21(3)16-7-5-4-6-8-16/h4-15H,1-3H3/b14-13+. The zero-order valence-corrected chi connectivity index (χ0v) is 14.5. The monoisotopic (exact) mass is 339 g/mol. The number of hydrogen-bond donors (Lipinski definition) is 0. The molecule has 0 saturated carbocycles. The fourth-order valence-corrected chi connectivity index (χ4v) is 2.04. The van der Waals surface area contributed by atoms with Gasteiger partial charge in [0.25, 0.3) is 5.91 Å². The van der Waals surface area contributed by atoms with Crippen molar-refractivity contribution in [3.05, 3.63) is 66.7 Å². The largest absolute Gasteiger partial charge is 0.491 e. The minimum atomic E-state index is -0.618. The molecule has 0 spiro atoms. The Morgan fingerprint density at radius 1 is 0.920 bits per heavy atom. The number of nitrogens with zero attached hydrogens (tertiary/aromatic N) is 1. The maximum atomic E-state index is 12.1. The highest BCUT2D eigenvalue weighted by atomic mass is 16.5. The molecule has 0 atom stereocenters. The topological polar surface area (TPSA) is 55.8 Å². The lowest BCUT2D eigenvalue weighted by Gasteiger charge is -2.14. The molecule has 0 aliphatic rings. The summed E-state index contributed by atoms with van der Waals surface area (Å²) in [7, 11) is 1.64. The number of rotatable bonds is 6. The fraction of sp³-hybridized carbons (Fsp3) is 0.200. The van der Waals surface area contributed by atoms with Gasteiger partial charge in [0.15, 0.2) is 0 Å². The van der Waals surface area contributed by atoms with Gasteiger partial charge in [-0.15, -0.1) is 0 Å². The van der Waals surface area contributed by atoms with E-state index >= 15 is 0 Å². The minimum absolute atomic E-state index is 0.0731. The van der Waals surface area contributed by atoms with Crippen LogP contribution in [0.1, 0.15) is 13.8 Å². The number of para-hydroxylation sites is 1. The number of amides is 1. The van der Waals surface area contributed by atoms with Crippen molar-refractivity contribution in [2.24, 2.45) is 0 Å². The van der Waals surface area contributed by atoms with Gasteiger partial charge in [-0.1, -0.05) is 18.2 Å². The summed E-state index contributed by atoms with van der Waals surface area (Å²) < 4.78 is 10.7. The molecule has 0 radical (unpaired) electrons. The lowest BCUT2D eigenvalue weighted by molar-refractivity contribution is -0.129. The van der Waals surface area contributed by atoms with Crippen LogP contribution in [0.15, 0.2) is 66.7 Å². The molecule has 0 fully saturated rings. The summed E-state index contributed by atoms with van der Waals surface area (Å²) in [5, 5.41) is 0. The van der Waals surface area contributed by atoms with Crippen molar-refractivity contribution < 1.29 is 19.1 Å². The van der Waals surface area contributed by atoms with Gasteiger partial charge in [-0.3, -0.25) is 4.79 Å². The van der Waals surface area contributed by atoms with Crippen molar-refractivity contribution in [1.82, 2.24) is 0 Å². The van der Waals surface area contributed by atoms with Gasteiger partial charge >= 0.3 is 5.97 Å². The number of benzene rings is 2. The maximum Gasteiger partial charge on any atom is 0.336 e. The van der Waals surface area contributed by atoms with Crippen molar-refractivity contribution in [1.29, 1.82) is 0 Å². The zero-order chi connectivity index (χ0) is 18.2. The van der Waals surface area contributed by atoms with Gasteiger partial charge in [0.1, 0.15) is 11.5 Å². The molecule has 0 saturated heterocycles. The van der Waals surface area contributed by atoms with Gasteiger partial charge < -0.3 is 14.4 Å². The van der Waals surface area contributed by atoms with Gasteiger partial charge in [-0.25, -0.2) is 4.79 Å². The van der Waals surface area contributed by atoms with Gasteiger partial charge in [-0.2, -0.15) is 0 Å². The Bertz CT molecular complexity index is 736. The second-order valence-electron chi connectivity index (χ2n) is 5.63. The molecule has 2 aromatic rings. The fourth-order valence-electron chi connectivity index (χ4n) is 2.04. The Kier molecular flexibility index (Phi) is 6.34. The van der Waals surface area contributed by atoms with Gasteiger partial charge in [0.2, 0.25) is 0 Å². The van der Waals surface area contributed by atoms with E-state index in [2.05, 4.69) is 0 Å². The van der Waals surface area contributed by atoms with E-state index < -0.39 is 5.97 Å². The van der Waals surface area contributed by atoms with Crippen LogP contribution in [0.3, 0.4) is 0 Å². The molecule has 5 nitrogen and oxygen atoms in total. The lowest BCUT2D eigenvalue weighted by Crippen LogP contribution is -2.24. The molecule has 0 aliphatic heterocycles. The first-order chi connectivity index (χ1) is 12.0. The normalized spacial score (nSPS) is 10.7. The molecule has 25 heavy (non-hydrogen) atoms. The first kappa shape index (κ1) is 18.3. The second kappa shape index (κ2) is 8.68. The summed E-state index contributed by atoms with van der Waals surface area (Å²) in [6.07, 6.45) is 2.37. The van der Waals surface area contributed by atoms with Crippen molar-refractivity contribution >= 4 is 17.6 Å². The van der Waals surface area contributed by atoms with Gasteiger partial charge in [0.05, 0.1) is 6.10 Å². The first-order valence-corrected chi connectivity index (χ1v) is 7.95. The number of carbonyl (C=O) groups excluding carboxylic acids is 2. The van der Waals surface area contributed by atoms with E-state index in [4.69, 9.17) is 9.47 Å². The predicted octanol–water partition coefficient (Wildman–Crippen LogP) is 3.60. The molecule has 0 N–H and O–H groups in total. The molecule has 0 aliphatic carbocycles. The van der Waals surface area contributed by atoms with Crippen molar-refractivity contribution in [3.63, 3.8) is 0 Å². The van der Waals surface area contributed by atoms with Gasteiger partial charge in [-0.05, 0) is 50.2 Å². The number of hydrogen-bond acceptors (Lipinski definition) is 4. The van der Waals surface area contributed by atoms with Crippen LogP contribution in [0.5, 0.6) is 11.5 Å². The van der Waals surface area contributed by atoms with Crippen LogP contribution >= 0.6 is 0 Å². The number of likely N-dealkylation sites (N-methyl/N-ethyl adjacent to an activating group) is 1. The Labute approximate surface area is 147 Å². The molecule has 5 heteroatoms. The second-order valence-corrected chi connectivity index (χ2v) is 5.63. The molecular formula is C20H21NO4. The summed E-state index contributed by atoms with van der Waals surface area (Å²) in [4.78, 5) is 25.3. The van der Waals surface area contributed by atoms with Crippen molar-refractivity contribution in [2.75, 3.05) is 11.9 Å². The van der Waals surface area contributed by atoms with Crippen LogP contribution in [-0.4, -0.2) is 25.0 Å². The van der Waals surface area contributed by atoms with Crippen molar-refractivity contribution in [3.8, 4) is 11.5 Å². The molecule has 2 aromatic carbocycles. The molecule has 130 valence electrons. The Balaban J connectivity index is 1.90. The smallest absolute Gasteiger partial charge is 0.336 e. The Hall–Kier alpha value is -3.08. The lowest BCUT2D eigenvalue weighted by atomic mass is 10.3. The Morgan fingerprint density at radius 3 is 2.12 bits per heavy atom. The van der Waals surface area contributed by atoms with Gasteiger partial charge in [0, 0.05) is 24.9 Å². The van der Waals surface area contributed by atoms with Crippen LogP contribution in [0.2, 0.25) is 0 Å².